The number of sulfonamides is 1. The predicted octanol–water partition coefficient (Wildman–Crippen LogP) is 2.56. The number of sulfone groups is 1. The number of benzene rings is 2. The Morgan fingerprint density at radius 2 is 1.66 bits per heavy atom. The second kappa shape index (κ2) is 9.50. The fourth-order valence-corrected chi connectivity index (χ4v) is 5.16. The van der Waals surface area contributed by atoms with Crippen molar-refractivity contribution < 1.29 is 21.6 Å². The average molecular weight is 480 g/mol. The summed E-state index contributed by atoms with van der Waals surface area (Å²) in [5.41, 5.74) is 2.48. The van der Waals surface area contributed by atoms with Gasteiger partial charge in [-0.25, -0.2) is 16.8 Å². The van der Waals surface area contributed by atoms with Gasteiger partial charge >= 0.3 is 0 Å². The normalized spacial score (nSPS) is 15.4. The molecule has 0 radical (unpaired) electrons. The van der Waals surface area contributed by atoms with Crippen LogP contribution in [-0.2, 0) is 19.9 Å². The van der Waals surface area contributed by atoms with Crippen LogP contribution >= 0.6 is 0 Å². The number of aryl methyl sites for hydroxylation is 1. The zero-order valence-corrected chi connectivity index (χ0v) is 20.1. The Balaban J connectivity index is 1.59. The van der Waals surface area contributed by atoms with Crippen LogP contribution in [0.3, 0.4) is 0 Å². The summed E-state index contributed by atoms with van der Waals surface area (Å²) in [6.45, 7) is 4.87. The monoisotopic (exact) mass is 479 g/mol. The smallest absolute Gasteiger partial charge is 0.251 e. The Morgan fingerprint density at radius 1 is 1.03 bits per heavy atom. The second-order valence-corrected chi connectivity index (χ2v) is 12.1. The number of piperidine rings is 1. The van der Waals surface area contributed by atoms with Gasteiger partial charge in [0.25, 0.3) is 5.91 Å². The largest absolute Gasteiger partial charge is 0.371 e. The summed E-state index contributed by atoms with van der Waals surface area (Å²) < 4.78 is 49.5. The van der Waals surface area contributed by atoms with Gasteiger partial charge in [-0.1, -0.05) is 13.0 Å². The van der Waals surface area contributed by atoms with Crippen molar-refractivity contribution in [2.24, 2.45) is 0 Å². The Hall–Kier alpha value is -2.59. The predicted molar refractivity (Wildman–Crippen MR) is 127 cm³/mol. The standard InChI is InChI=1S/C22H29N3O5S2/c1-4-32(29,30)20-9-7-19(8-10-20)25-13-11-18(12-14-25)23-22(26)17-6-5-16(2)21(15-17)24-31(3,27)28/h5-10,15,18,24H,4,11-14H2,1-3H3,(H,23,26). The first-order valence-electron chi connectivity index (χ1n) is 10.5. The fourth-order valence-electron chi connectivity index (χ4n) is 3.65. The van der Waals surface area contributed by atoms with E-state index in [2.05, 4.69) is 14.9 Å². The lowest BCUT2D eigenvalue weighted by Crippen LogP contribution is -2.44. The second-order valence-electron chi connectivity index (χ2n) is 8.04. The lowest BCUT2D eigenvalue weighted by atomic mass is 10.0. The van der Waals surface area contributed by atoms with E-state index in [1.54, 1.807) is 44.2 Å². The molecule has 1 heterocycles. The number of carbonyl (C=O) groups is 1. The minimum atomic E-state index is -3.44. The molecule has 0 unspecified atom stereocenters. The summed E-state index contributed by atoms with van der Waals surface area (Å²) in [7, 11) is -6.65. The van der Waals surface area contributed by atoms with E-state index >= 15 is 0 Å². The van der Waals surface area contributed by atoms with Gasteiger partial charge in [-0.2, -0.15) is 0 Å². The molecule has 2 aromatic rings. The van der Waals surface area contributed by atoms with Crippen molar-refractivity contribution in [1.29, 1.82) is 0 Å². The molecule has 2 aromatic carbocycles. The molecule has 1 saturated heterocycles. The van der Waals surface area contributed by atoms with Gasteiger partial charge < -0.3 is 10.2 Å². The SMILES string of the molecule is CCS(=O)(=O)c1ccc(N2CCC(NC(=O)c3ccc(C)c(NS(C)(=O)=O)c3)CC2)cc1. The zero-order valence-electron chi connectivity index (χ0n) is 18.5. The van der Waals surface area contributed by atoms with Crippen LogP contribution in [0.2, 0.25) is 0 Å². The van der Waals surface area contributed by atoms with Crippen molar-refractivity contribution >= 4 is 37.1 Å². The van der Waals surface area contributed by atoms with E-state index in [4.69, 9.17) is 0 Å². The van der Waals surface area contributed by atoms with Crippen LogP contribution in [0.1, 0.15) is 35.7 Å². The Kier molecular flexibility index (Phi) is 7.14. The van der Waals surface area contributed by atoms with Gasteiger partial charge in [0.1, 0.15) is 0 Å². The van der Waals surface area contributed by atoms with Gasteiger partial charge in [0.2, 0.25) is 10.0 Å². The number of nitrogens with one attached hydrogen (secondary N) is 2. The maximum Gasteiger partial charge on any atom is 0.251 e. The first-order chi connectivity index (χ1) is 15.0. The number of rotatable bonds is 7. The minimum Gasteiger partial charge on any atom is -0.371 e. The Labute approximate surface area is 190 Å². The van der Waals surface area contributed by atoms with Crippen molar-refractivity contribution in [3.8, 4) is 0 Å². The highest BCUT2D eigenvalue weighted by molar-refractivity contribution is 7.92. The van der Waals surface area contributed by atoms with Gasteiger partial charge in [0.05, 0.1) is 22.6 Å². The lowest BCUT2D eigenvalue weighted by Gasteiger charge is -2.34. The van der Waals surface area contributed by atoms with E-state index in [9.17, 15) is 21.6 Å². The highest BCUT2D eigenvalue weighted by Crippen LogP contribution is 2.23. The van der Waals surface area contributed by atoms with Crippen molar-refractivity contribution in [2.45, 2.75) is 37.6 Å². The third-order valence-corrected chi connectivity index (χ3v) is 7.91. The zero-order chi connectivity index (χ0) is 23.5. The summed E-state index contributed by atoms with van der Waals surface area (Å²) in [6, 6.07) is 11.9. The molecule has 0 aliphatic carbocycles. The van der Waals surface area contributed by atoms with Crippen LogP contribution < -0.4 is 14.9 Å². The molecule has 3 rings (SSSR count). The number of carbonyl (C=O) groups excluding carboxylic acids is 1. The number of hydrogen-bond acceptors (Lipinski definition) is 6. The van der Waals surface area contributed by atoms with E-state index in [-0.39, 0.29) is 17.7 Å². The van der Waals surface area contributed by atoms with Crippen molar-refractivity contribution in [3.05, 3.63) is 53.6 Å². The first kappa shape index (κ1) is 24.1. The highest BCUT2D eigenvalue weighted by atomic mass is 32.2. The van der Waals surface area contributed by atoms with Crippen LogP contribution in [-0.4, -0.2) is 53.9 Å². The number of amides is 1. The van der Waals surface area contributed by atoms with Gasteiger partial charge in [-0.05, 0) is 61.7 Å². The van der Waals surface area contributed by atoms with Crippen LogP contribution in [0.25, 0.3) is 0 Å². The molecule has 0 atom stereocenters. The molecule has 0 aromatic heterocycles. The molecule has 8 nitrogen and oxygen atoms in total. The molecule has 10 heteroatoms. The number of hydrogen-bond donors (Lipinski definition) is 2. The van der Waals surface area contributed by atoms with Gasteiger partial charge in [0, 0.05) is 30.4 Å². The average Bonchev–Trinajstić information content (AvgIpc) is 2.75. The molecule has 32 heavy (non-hydrogen) atoms. The Morgan fingerprint density at radius 3 is 2.22 bits per heavy atom. The first-order valence-corrected chi connectivity index (χ1v) is 14.0. The van der Waals surface area contributed by atoms with E-state index in [1.165, 1.54) is 0 Å². The van der Waals surface area contributed by atoms with E-state index < -0.39 is 19.9 Å². The third kappa shape index (κ3) is 6.01. The van der Waals surface area contributed by atoms with Crippen LogP contribution in [0.4, 0.5) is 11.4 Å². The van der Waals surface area contributed by atoms with Crippen LogP contribution in [0.15, 0.2) is 47.4 Å². The quantitative estimate of drug-likeness (QED) is 0.631. The van der Waals surface area contributed by atoms with Gasteiger partial charge in [0.15, 0.2) is 9.84 Å². The lowest BCUT2D eigenvalue weighted by molar-refractivity contribution is 0.0931. The van der Waals surface area contributed by atoms with Gasteiger partial charge in [-0.3, -0.25) is 9.52 Å². The molecular weight excluding hydrogens is 450 g/mol. The molecule has 1 aliphatic rings. The highest BCUT2D eigenvalue weighted by Gasteiger charge is 2.22. The van der Waals surface area contributed by atoms with E-state index in [1.807, 2.05) is 12.1 Å². The van der Waals surface area contributed by atoms with Crippen molar-refractivity contribution in [2.75, 3.05) is 34.7 Å². The van der Waals surface area contributed by atoms with E-state index in [0.29, 0.717) is 16.1 Å². The van der Waals surface area contributed by atoms with E-state index in [0.717, 1.165) is 43.4 Å². The fraction of sp³-hybridized carbons (Fsp3) is 0.409. The third-order valence-electron chi connectivity index (χ3n) is 5.57. The molecule has 1 fully saturated rings. The summed E-state index contributed by atoms with van der Waals surface area (Å²) in [4.78, 5) is 15.2. The molecule has 1 aliphatic heterocycles. The maximum atomic E-state index is 12.7. The topological polar surface area (TPSA) is 113 Å². The summed E-state index contributed by atoms with van der Waals surface area (Å²) in [5.74, 6) is -0.168. The summed E-state index contributed by atoms with van der Waals surface area (Å²) >= 11 is 0. The molecule has 0 spiro atoms. The van der Waals surface area contributed by atoms with Crippen LogP contribution in [0.5, 0.6) is 0 Å². The molecular formula is C22H29N3O5S2. The minimum absolute atomic E-state index is 0.00566. The summed E-state index contributed by atoms with van der Waals surface area (Å²) in [6.07, 6.45) is 2.57. The van der Waals surface area contributed by atoms with Crippen molar-refractivity contribution in [1.82, 2.24) is 5.32 Å². The van der Waals surface area contributed by atoms with Gasteiger partial charge in [-0.15, -0.1) is 0 Å². The van der Waals surface area contributed by atoms with Crippen LogP contribution in [0, 0.1) is 6.92 Å². The van der Waals surface area contributed by atoms with Crippen molar-refractivity contribution in [3.63, 3.8) is 0 Å². The number of anilines is 2. The summed E-state index contributed by atoms with van der Waals surface area (Å²) in [5, 5.41) is 3.03. The maximum absolute atomic E-state index is 12.7. The molecule has 174 valence electrons. The molecule has 0 saturated carbocycles. The Bertz CT molecular complexity index is 1180. The molecule has 2 N–H and O–H groups in total. The molecule has 0 bridgehead atoms. The number of nitrogens with zero attached hydrogens (tertiary/aromatic N) is 1. The molecule has 1 amide bonds.